The number of rotatable bonds is 4. The maximum atomic E-state index is 12.5. The first kappa shape index (κ1) is 17.3. The van der Waals surface area contributed by atoms with E-state index in [-0.39, 0.29) is 11.3 Å². The number of aromatic hydroxyl groups is 1. The molecule has 1 aromatic carbocycles. The van der Waals surface area contributed by atoms with Crippen molar-refractivity contribution in [1.82, 2.24) is 9.47 Å². The highest BCUT2D eigenvalue weighted by atomic mass is 16.7. The summed E-state index contributed by atoms with van der Waals surface area (Å²) in [6.07, 6.45) is 3.40. The van der Waals surface area contributed by atoms with Crippen molar-refractivity contribution < 1.29 is 14.6 Å². The lowest BCUT2D eigenvalue weighted by Gasteiger charge is -2.37. The largest absolute Gasteiger partial charge is 0.503 e. The van der Waals surface area contributed by atoms with Crippen molar-refractivity contribution in [3.8, 4) is 5.75 Å². The molecule has 2 aromatic rings. The summed E-state index contributed by atoms with van der Waals surface area (Å²) in [5, 5.41) is 10.4. The maximum absolute atomic E-state index is 12.5. The molecule has 1 aromatic heterocycles. The minimum atomic E-state index is -0.405. The fourth-order valence-electron chi connectivity index (χ4n) is 3.71. The summed E-state index contributed by atoms with van der Waals surface area (Å²) in [5.74, 6) is -0.561. The number of pyridine rings is 1. The standard InChI is InChI=1S/C20H24N2O4/c23-18-17(15-21-10-7-20(8-11-21)25-12-13-26-20)6-9-22(19(18)24)14-16-4-2-1-3-5-16/h1-6,9,23H,7-8,10-15H2. The molecule has 6 nitrogen and oxygen atoms in total. The van der Waals surface area contributed by atoms with Gasteiger partial charge in [-0.2, -0.15) is 0 Å². The van der Waals surface area contributed by atoms with Crippen molar-refractivity contribution in [2.45, 2.75) is 31.7 Å². The lowest BCUT2D eigenvalue weighted by Crippen LogP contribution is -2.44. The Bertz CT molecular complexity index is 802. The van der Waals surface area contributed by atoms with Crippen LogP contribution in [0.5, 0.6) is 5.75 Å². The molecule has 1 N–H and O–H groups in total. The molecule has 138 valence electrons. The third-order valence-electron chi connectivity index (χ3n) is 5.24. The Morgan fingerprint density at radius 3 is 2.38 bits per heavy atom. The first-order valence-corrected chi connectivity index (χ1v) is 9.11. The number of ether oxygens (including phenoxy) is 2. The summed E-state index contributed by atoms with van der Waals surface area (Å²) in [7, 11) is 0. The van der Waals surface area contributed by atoms with Crippen LogP contribution in [0.2, 0.25) is 0 Å². The van der Waals surface area contributed by atoms with Gasteiger partial charge in [-0.15, -0.1) is 0 Å². The van der Waals surface area contributed by atoms with Gasteiger partial charge in [0.2, 0.25) is 0 Å². The summed E-state index contributed by atoms with van der Waals surface area (Å²) < 4.78 is 13.0. The molecule has 2 aliphatic rings. The van der Waals surface area contributed by atoms with Crippen LogP contribution in [0.3, 0.4) is 0 Å². The Morgan fingerprint density at radius 2 is 1.69 bits per heavy atom. The normalized spacial score (nSPS) is 19.8. The van der Waals surface area contributed by atoms with Crippen molar-refractivity contribution in [2.75, 3.05) is 26.3 Å². The molecule has 6 heteroatoms. The van der Waals surface area contributed by atoms with E-state index >= 15 is 0 Å². The third kappa shape index (κ3) is 3.53. The molecule has 2 fully saturated rings. The summed E-state index contributed by atoms with van der Waals surface area (Å²) >= 11 is 0. The van der Waals surface area contributed by atoms with E-state index in [1.807, 2.05) is 36.4 Å². The van der Waals surface area contributed by atoms with Crippen LogP contribution < -0.4 is 5.56 Å². The van der Waals surface area contributed by atoms with E-state index in [2.05, 4.69) is 4.90 Å². The second-order valence-electron chi connectivity index (χ2n) is 6.99. The zero-order valence-electron chi connectivity index (χ0n) is 14.8. The zero-order chi connectivity index (χ0) is 18.0. The highest BCUT2D eigenvalue weighted by Crippen LogP contribution is 2.32. The maximum Gasteiger partial charge on any atom is 0.293 e. The molecule has 0 unspecified atom stereocenters. The van der Waals surface area contributed by atoms with Crippen molar-refractivity contribution in [3.63, 3.8) is 0 Å². The number of piperidine rings is 1. The molecular formula is C20H24N2O4. The number of benzene rings is 1. The fourth-order valence-corrected chi connectivity index (χ4v) is 3.71. The summed E-state index contributed by atoms with van der Waals surface area (Å²) in [4.78, 5) is 14.7. The number of hydrogen-bond donors (Lipinski definition) is 1. The molecule has 0 atom stereocenters. The average molecular weight is 356 g/mol. The molecule has 3 heterocycles. The molecule has 0 amide bonds. The molecular weight excluding hydrogens is 332 g/mol. The second-order valence-corrected chi connectivity index (χ2v) is 6.99. The van der Waals surface area contributed by atoms with Crippen molar-refractivity contribution in [2.24, 2.45) is 0 Å². The van der Waals surface area contributed by atoms with Crippen LogP contribution in [0.4, 0.5) is 0 Å². The Labute approximate surface area is 152 Å². The topological polar surface area (TPSA) is 63.9 Å². The van der Waals surface area contributed by atoms with E-state index in [4.69, 9.17) is 9.47 Å². The predicted molar refractivity (Wildman–Crippen MR) is 97.1 cm³/mol. The van der Waals surface area contributed by atoms with Crippen LogP contribution in [0.25, 0.3) is 0 Å². The lowest BCUT2D eigenvalue weighted by molar-refractivity contribution is -0.185. The Hall–Kier alpha value is -2.15. The van der Waals surface area contributed by atoms with Gasteiger partial charge in [-0.05, 0) is 11.6 Å². The van der Waals surface area contributed by atoms with Gasteiger partial charge in [0.05, 0.1) is 19.8 Å². The van der Waals surface area contributed by atoms with E-state index in [1.165, 1.54) is 0 Å². The lowest BCUT2D eigenvalue weighted by atomic mass is 10.0. The zero-order valence-corrected chi connectivity index (χ0v) is 14.8. The molecule has 4 rings (SSSR count). The third-order valence-corrected chi connectivity index (χ3v) is 5.24. The van der Waals surface area contributed by atoms with Gasteiger partial charge >= 0.3 is 0 Å². The van der Waals surface area contributed by atoms with Gasteiger partial charge in [0, 0.05) is 44.2 Å². The van der Waals surface area contributed by atoms with E-state index in [1.54, 1.807) is 10.8 Å². The van der Waals surface area contributed by atoms with Gasteiger partial charge < -0.3 is 19.1 Å². The van der Waals surface area contributed by atoms with Crippen LogP contribution in [0, 0.1) is 0 Å². The summed E-state index contributed by atoms with van der Waals surface area (Å²) in [6.45, 7) is 4.00. The van der Waals surface area contributed by atoms with E-state index < -0.39 is 5.79 Å². The average Bonchev–Trinajstić information content (AvgIpc) is 3.12. The minimum Gasteiger partial charge on any atom is -0.503 e. The highest BCUT2D eigenvalue weighted by Gasteiger charge is 2.39. The molecule has 1 spiro atoms. The van der Waals surface area contributed by atoms with Crippen LogP contribution >= 0.6 is 0 Å². The second kappa shape index (κ2) is 7.23. The van der Waals surface area contributed by atoms with Crippen LogP contribution in [-0.2, 0) is 22.6 Å². The van der Waals surface area contributed by atoms with E-state index in [0.29, 0.717) is 31.9 Å². The Kier molecular flexibility index (Phi) is 4.80. The number of likely N-dealkylation sites (tertiary alicyclic amines) is 1. The molecule has 2 saturated heterocycles. The highest BCUT2D eigenvalue weighted by molar-refractivity contribution is 5.29. The molecule has 0 aliphatic carbocycles. The first-order valence-electron chi connectivity index (χ1n) is 9.11. The van der Waals surface area contributed by atoms with Crippen LogP contribution in [0.1, 0.15) is 24.0 Å². The molecule has 0 bridgehead atoms. The summed E-state index contributed by atoms with van der Waals surface area (Å²) in [6, 6.07) is 11.6. The van der Waals surface area contributed by atoms with Gasteiger partial charge in [-0.3, -0.25) is 9.69 Å². The van der Waals surface area contributed by atoms with Gasteiger partial charge in [-0.1, -0.05) is 30.3 Å². The van der Waals surface area contributed by atoms with Crippen LogP contribution in [0.15, 0.2) is 47.4 Å². The molecule has 2 aliphatic heterocycles. The number of nitrogens with zero attached hydrogens (tertiary/aromatic N) is 2. The van der Waals surface area contributed by atoms with Crippen molar-refractivity contribution in [3.05, 3.63) is 64.1 Å². The van der Waals surface area contributed by atoms with Gasteiger partial charge in [0.15, 0.2) is 11.5 Å². The minimum absolute atomic E-state index is 0.155. The van der Waals surface area contributed by atoms with Gasteiger partial charge in [0.1, 0.15) is 0 Å². The van der Waals surface area contributed by atoms with Gasteiger partial charge in [0.25, 0.3) is 5.56 Å². The van der Waals surface area contributed by atoms with Crippen molar-refractivity contribution >= 4 is 0 Å². The number of aromatic nitrogens is 1. The molecule has 26 heavy (non-hydrogen) atoms. The first-order chi connectivity index (χ1) is 12.7. The van der Waals surface area contributed by atoms with Gasteiger partial charge in [-0.25, -0.2) is 0 Å². The molecule has 0 radical (unpaired) electrons. The van der Waals surface area contributed by atoms with E-state index in [0.717, 1.165) is 31.5 Å². The monoisotopic (exact) mass is 356 g/mol. The van der Waals surface area contributed by atoms with Crippen LogP contribution in [-0.4, -0.2) is 46.7 Å². The smallest absolute Gasteiger partial charge is 0.293 e. The fraction of sp³-hybridized carbons (Fsp3) is 0.450. The van der Waals surface area contributed by atoms with Crippen molar-refractivity contribution in [1.29, 1.82) is 0 Å². The Balaban J connectivity index is 1.43. The predicted octanol–water partition coefficient (Wildman–Crippen LogP) is 1.94. The quantitative estimate of drug-likeness (QED) is 0.907. The summed E-state index contributed by atoms with van der Waals surface area (Å²) in [5.41, 5.74) is 1.35. The SMILES string of the molecule is O=c1c(O)c(CN2CCC3(CC2)OCCO3)ccn1Cc1ccccc1. The van der Waals surface area contributed by atoms with E-state index in [9.17, 15) is 9.90 Å². The Morgan fingerprint density at radius 1 is 1.00 bits per heavy atom. The number of hydrogen-bond acceptors (Lipinski definition) is 5. The molecule has 0 saturated carbocycles.